The number of anilines is 1. The second kappa shape index (κ2) is 5.53. The van der Waals surface area contributed by atoms with Crippen LogP contribution in [0.4, 0.5) is 5.82 Å². The molecule has 1 aromatic rings. The van der Waals surface area contributed by atoms with Crippen LogP contribution in [0.2, 0.25) is 0 Å². The van der Waals surface area contributed by atoms with Gasteiger partial charge in [0.25, 0.3) is 0 Å². The number of thioether (sulfide) groups is 1. The van der Waals surface area contributed by atoms with Gasteiger partial charge in [-0.25, -0.2) is 9.97 Å². The summed E-state index contributed by atoms with van der Waals surface area (Å²) in [6.45, 7) is 2.11. The lowest BCUT2D eigenvalue weighted by Crippen LogP contribution is -2.10. The molecule has 0 atom stereocenters. The molecule has 1 saturated carbocycles. The van der Waals surface area contributed by atoms with Gasteiger partial charge in [-0.05, 0) is 19.3 Å². The Bertz CT molecular complexity index is 348. The van der Waals surface area contributed by atoms with E-state index in [1.165, 1.54) is 32.1 Å². The minimum atomic E-state index is 0.649. The van der Waals surface area contributed by atoms with Crippen molar-refractivity contribution >= 4 is 17.6 Å². The van der Waals surface area contributed by atoms with Crippen LogP contribution in [-0.2, 0) is 6.42 Å². The molecule has 0 unspecified atom stereocenters. The highest BCUT2D eigenvalue weighted by molar-refractivity contribution is 7.99. The van der Waals surface area contributed by atoms with Crippen molar-refractivity contribution < 1.29 is 0 Å². The van der Waals surface area contributed by atoms with Gasteiger partial charge in [-0.3, -0.25) is 0 Å². The molecule has 88 valence electrons. The average Bonchev–Trinajstić information content (AvgIpc) is 2.31. The molecule has 3 nitrogen and oxygen atoms in total. The summed E-state index contributed by atoms with van der Waals surface area (Å²) < 4.78 is 0. The summed E-state index contributed by atoms with van der Waals surface area (Å²) in [5.41, 5.74) is 7.00. The van der Waals surface area contributed by atoms with Gasteiger partial charge >= 0.3 is 0 Å². The molecule has 0 spiro atoms. The number of nitrogen functional groups attached to an aromatic ring is 1. The van der Waals surface area contributed by atoms with E-state index in [4.69, 9.17) is 5.73 Å². The Kier molecular flexibility index (Phi) is 4.04. The number of nitrogens with two attached hydrogens (primary N) is 1. The summed E-state index contributed by atoms with van der Waals surface area (Å²) in [4.78, 5) is 8.43. The topological polar surface area (TPSA) is 51.8 Å². The standard InChI is InChI=1S/C12H19N3S/c1-2-10-11(13)14-8-15-12(10)16-9-6-4-3-5-7-9/h8-9H,2-7H2,1H3,(H2,13,14,15). The minimum Gasteiger partial charge on any atom is -0.383 e. The van der Waals surface area contributed by atoms with Crippen molar-refractivity contribution in [2.45, 2.75) is 55.7 Å². The fourth-order valence-electron chi connectivity index (χ4n) is 2.18. The fourth-order valence-corrected chi connectivity index (χ4v) is 3.57. The number of hydrogen-bond donors (Lipinski definition) is 1. The number of nitrogens with zero attached hydrogens (tertiary/aromatic N) is 2. The molecule has 1 heterocycles. The largest absolute Gasteiger partial charge is 0.383 e. The van der Waals surface area contributed by atoms with Crippen LogP contribution in [0.5, 0.6) is 0 Å². The van der Waals surface area contributed by atoms with E-state index in [1.807, 2.05) is 11.8 Å². The summed E-state index contributed by atoms with van der Waals surface area (Å²) >= 11 is 1.90. The van der Waals surface area contributed by atoms with Crippen LogP contribution in [0.1, 0.15) is 44.6 Å². The first-order valence-electron chi connectivity index (χ1n) is 6.07. The Morgan fingerprint density at radius 1 is 1.31 bits per heavy atom. The summed E-state index contributed by atoms with van der Waals surface area (Å²) in [5.74, 6) is 0.649. The molecule has 0 bridgehead atoms. The van der Waals surface area contributed by atoms with Gasteiger partial charge < -0.3 is 5.73 Å². The molecule has 2 rings (SSSR count). The smallest absolute Gasteiger partial charge is 0.131 e. The SMILES string of the molecule is CCc1c(N)ncnc1SC1CCCCC1. The molecule has 16 heavy (non-hydrogen) atoms. The highest BCUT2D eigenvalue weighted by atomic mass is 32.2. The van der Waals surface area contributed by atoms with E-state index in [0.717, 1.165) is 22.3 Å². The number of rotatable bonds is 3. The van der Waals surface area contributed by atoms with E-state index in [9.17, 15) is 0 Å². The maximum atomic E-state index is 5.87. The second-order valence-electron chi connectivity index (χ2n) is 4.27. The van der Waals surface area contributed by atoms with Crippen molar-refractivity contribution in [3.8, 4) is 0 Å². The van der Waals surface area contributed by atoms with Crippen LogP contribution in [0.25, 0.3) is 0 Å². The maximum Gasteiger partial charge on any atom is 0.131 e. The van der Waals surface area contributed by atoms with Crippen molar-refractivity contribution in [3.63, 3.8) is 0 Å². The first-order valence-corrected chi connectivity index (χ1v) is 6.95. The highest BCUT2D eigenvalue weighted by Crippen LogP contribution is 2.35. The monoisotopic (exact) mass is 237 g/mol. The zero-order valence-corrected chi connectivity index (χ0v) is 10.6. The quantitative estimate of drug-likeness (QED) is 0.821. The van der Waals surface area contributed by atoms with Gasteiger partial charge in [0.05, 0.1) is 0 Å². The first kappa shape index (κ1) is 11.7. The van der Waals surface area contributed by atoms with E-state index in [2.05, 4.69) is 16.9 Å². The van der Waals surface area contributed by atoms with E-state index in [1.54, 1.807) is 6.33 Å². The van der Waals surface area contributed by atoms with Gasteiger partial charge in [0.2, 0.25) is 0 Å². The number of aromatic nitrogens is 2. The van der Waals surface area contributed by atoms with Gasteiger partial charge in [0, 0.05) is 10.8 Å². The van der Waals surface area contributed by atoms with Crippen molar-refractivity contribution in [1.82, 2.24) is 9.97 Å². The third-order valence-corrected chi connectivity index (χ3v) is 4.50. The highest BCUT2D eigenvalue weighted by Gasteiger charge is 2.17. The van der Waals surface area contributed by atoms with E-state index < -0.39 is 0 Å². The van der Waals surface area contributed by atoms with Gasteiger partial charge in [0.1, 0.15) is 17.2 Å². The van der Waals surface area contributed by atoms with Crippen LogP contribution in [0.3, 0.4) is 0 Å². The molecule has 1 fully saturated rings. The summed E-state index contributed by atoms with van der Waals surface area (Å²) in [6, 6.07) is 0. The Labute approximate surface area is 101 Å². The lowest BCUT2D eigenvalue weighted by Gasteiger charge is -2.21. The van der Waals surface area contributed by atoms with Crippen molar-refractivity contribution in [3.05, 3.63) is 11.9 Å². The fraction of sp³-hybridized carbons (Fsp3) is 0.667. The Balaban J connectivity index is 2.10. The molecule has 0 amide bonds. The van der Waals surface area contributed by atoms with Crippen molar-refractivity contribution in [2.24, 2.45) is 0 Å². The third kappa shape index (κ3) is 2.67. The van der Waals surface area contributed by atoms with E-state index in [0.29, 0.717) is 5.82 Å². The molecule has 0 saturated heterocycles. The zero-order chi connectivity index (χ0) is 11.4. The number of hydrogen-bond acceptors (Lipinski definition) is 4. The predicted molar refractivity (Wildman–Crippen MR) is 68.6 cm³/mol. The third-order valence-electron chi connectivity index (χ3n) is 3.12. The van der Waals surface area contributed by atoms with Crippen LogP contribution in [0.15, 0.2) is 11.4 Å². The molecule has 1 aliphatic carbocycles. The molecule has 0 aromatic carbocycles. The molecule has 0 radical (unpaired) electrons. The average molecular weight is 237 g/mol. The molecular formula is C12H19N3S. The van der Waals surface area contributed by atoms with Gasteiger partial charge in [-0.2, -0.15) is 0 Å². The van der Waals surface area contributed by atoms with Crippen molar-refractivity contribution in [2.75, 3.05) is 5.73 Å². The summed E-state index contributed by atoms with van der Waals surface area (Å²) in [7, 11) is 0. The Morgan fingerprint density at radius 2 is 2.06 bits per heavy atom. The molecule has 2 N–H and O–H groups in total. The van der Waals surface area contributed by atoms with Crippen LogP contribution >= 0.6 is 11.8 Å². The van der Waals surface area contributed by atoms with Crippen molar-refractivity contribution in [1.29, 1.82) is 0 Å². The zero-order valence-electron chi connectivity index (χ0n) is 9.78. The normalized spacial score (nSPS) is 17.6. The van der Waals surface area contributed by atoms with Gasteiger partial charge in [-0.15, -0.1) is 11.8 Å². The lowest BCUT2D eigenvalue weighted by molar-refractivity contribution is 0.515. The molecule has 1 aliphatic rings. The molecule has 4 heteroatoms. The molecule has 0 aliphatic heterocycles. The van der Waals surface area contributed by atoms with Gasteiger partial charge in [-0.1, -0.05) is 26.2 Å². The Hall–Kier alpha value is -0.770. The maximum absolute atomic E-state index is 5.87. The predicted octanol–water partition coefficient (Wildman–Crippen LogP) is 3.05. The summed E-state index contributed by atoms with van der Waals surface area (Å²) in [5, 5.41) is 1.83. The van der Waals surface area contributed by atoms with Crippen LogP contribution in [-0.4, -0.2) is 15.2 Å². The summed E-state index contributed by atoms with van der Waals surface area (Å²) in [6.07, 6.45) is 9.25. The first-order chi connectivity index (χ1) is 7.81. The van der Waals surface area contributed by atoms with Crippen LogP contribution in [0, 0.1) is 0 Å². The molecular weight excluding hydrogens is 218 g/mol. The minimum absolute atomic E-state index is 0.649. The lowest BCUT2D eigenvalue weighted by atomic mass is 10.0. The van der Waals surface area contributed by atoms with E-state index in [-0.39, 0.29) is 0 Å². The molecule has 1 aromatic heterocycles. The second-order valence-corrected chi connectivity index (χ2v) is 5.56. The van der Waals surface area contributed by atoms with Gasteiger partial charge in [0.15, 0.2) is 0 Å². The van der Waals surface area contributed by atoms with Crippen LogP contribution < -0.4 is 5.73 Å². The van der Waals surface area contributed by atoms with E-state index >= 15 is 0 Å². The Morgan fingerprint density at radius 3 is 2.75 bits per heavy atom.